The molecule has 3 unspecified atom stereocenters. The number of amides is 2. The summed E-state index contributed by atoms with van der Waals surface area (Å²) in [5.41, 5.74) is 5.16. The first kappa shape index (κ1) is 15.1. The quantitative estimate of drug-likeness (QED) is 0.889. The van der Waals surface area contributed by atoms with Crippen molar-refractivity contribution in [3.8, 4) is 0 Å². The van der Waals surface area contributed by atoms with Gasteiger partial charge in [0, 0.05) is 24.6 Å². The number of rotatable bonds is 3. The van der Waals surface area contributed by atoms with Gasteiger partial charge >= 0.3 is 0 Å². The van der Waals surface area contributed by atoms with Crippen molar-refractivity contribution < 1.29 is 18.4 Å². The Morgan fingerprint density at radius 2 is 2.14 bits per heavy atom. The van der Waals surface area contributed by atoms with Crippen molar-refractivity contribution in [3.05, 3.63) is 28.5 Å². The molecular formula is C14H14ClF2N3O2. The molecular weight excluding hydrogens is 316 g/mol. The second kappa shape index (κ2) is 5.15. The highest BCUT2D eigenvalue weighted by atomic mass is 35.5. The maximum absolute atomic E-state index is 13.5. The third kappa shape index (κ3) is 2.54. The first-order chi connectivity index (χ1) is 10.3. The minimum absolute atomic E-state index is 0.00212. The summed E-state index contributed by atoms with van der Waals surface area (Å²) in [6.45, 7) is 0. The molecule has 118 valence electrons. The summed E-state index contributed by atoms with van der Waals surface area (Å²) in [5, 5.41) is 2.72. The second-order valence-electron chi connectivity index (χ2n) is 5.89. The van der Waals surface area contributed by atoms with Crippen molar-refractivity contribution in [2.45, 2.75) is 31.2 Å². The van der Waals surface area contributed by atoms with Crippen LogP contribution in [0, 0.1) is 11.8 Å². The van der Waals surface area contributed by atoms with Gasteiger partial charge in [-0.2, -0.15) is 0 Å². The van der Waals surface area contributed by atoms with Gasteiger partial charge in [-0.05, 0) is 24.8 Å². The van der Waals surface area contributed by atoms with Crippen LogP contribution < -0.4 is 11.1 Å². The van der Waals surface area contributed by atoms with E-state index in [1.165, 1.54) is 6.07 Å². The number of carbonyl (C=O) groups is 2. The summed E-state index contributed by atoms with van der Waals surface area (Å²) in [6.07, 6.45) is 1.67. The number of nitrogens with one attached hydrogen (secondary N) is 1. The lowest BCUT2D eigenvalue weighted by Crippen LogP contribution is -2.42. The molecule has 2 bridgehead atoms. The highest BCUT2D eigenvalue weighted by Gasteiger charge is 2.56. The molecule has 0 aliphatic heterocycles. The number of carbonyl (C=O) groups excluding carboxylic acids is 2. The minimum Gasteiger partial charge on any atom is -0.366 e. The van der Waals surface area contributed by atoms with E-state index in [1.807, 2.05) is 0 Å². The Bertz CT molecular complexity index is 653. The maximum Gasteiger partial charge on any atom is 0.271 e. The second-order valence-corrected chi connectivity index (χ2v) is 6.30. The van der Waals surface area contributed by atoms with E-state index in [2.05, 4.69) is 10.3 Å². The van der Waals surface area contributed by atoms with Crippen LogP contribution in [0.2, 0.25) is 5.02 Å². The van der Waals surface area contributed by atoms with E-state index in [0.717, 1.165) is 6.20 Å². The first-order valence-corrected chi connectivity index (χ1v) is 7.30. The molecule has 0 spiro atoms. The number of alkyl halides is 2. The van der Waals surface area contributed by atoms with Crippen LogP contribution in [0.1, 0.15) is 40.1 Å². The van der Waals surface area contributed by atoms with E-state index in [9.17, 15) is 18.4 Å². The van der Waals surface area contributed by atoms with Gasteiger partial charge in [0.25, 0.3) is 11.8 Å². The Morgan fingerprint density at radius 1 is 1.41 bits per heavy atom. The lowest BCUT2D eigenvalue weighted by atomic mass is 9.92. The van der Waals surface area contributed by atoms with Gasteiger partial charge in [-0.25, -0.2) is 13.8 Å². The van der Waals surface area contributed by atoms with Crippen LogP contribution in [0.4, 0.5) is 8.78 Å². The van der Waals surface area contributed by atoms with Crippen LogP contribution in [0.3, 0.4) is 0 Å². The van der Waals surface area contributed by atoms with Crippen LogP contribution >= 0.6 is 11.6 Å². The van der Waals surface area contributed by atoms with Gasteiger partial charge in [0.1, 0.15) is 5.69 Å². The largest absolute Gasteiger partial charge is 0.366 e. The summed E-state index contributed by atoms with van der Waals surface area (Å²) in [7, 11) is 0. The Kier molecular flexibility index (Phi) is 3.55. The Labute approximate surface area is 130 Å². The molecule has 3 N–H and O–H groups in total. The fraction of sp³-hybridized carbons (Fsp3) is 0.500. The monoisotopic (exact) mass is 329 g/mol. The van der Waals surface area contributed by atoms with E-state index < -0.39 is 23.7 Å². The van der Waals surface area contributed by atoms with Crippen molar-refractivity contribution in [1.29, 1.82) is 0 Å². The predicted octanol–water partition coefficient (Wildman–Crippen LogP) is 2.00. The minimum atomic E-state index is -2.62. The van der Waals surface area contributed by atoms with E-state index in [4.69, 9.17) is 17.3 Å². The smallest absolute Gasteiger partial charge is 0.271 e. The summed E-state index contributed by atoms with van der Waals surface area (Å²) < 4.78 is 26.9. The lowest BCUT2D eigenvalue weighted by molar-refractivity contribution is -0.0561. The molecule has 2 aliphatic carbocycles. The van der Waals surface area contributed by atoms with Crippen molar-refractivity contribution in [1.82, 2.24) is 10.3 Å². The normalized spacial score (nSPS) is 28.6. The van der Waals surface area contributed by atoms with Crippen LogP contribution in [-0.2, 0) is 0 Å². The molecule has 5 nitrogen and oxygen atoms in total. The van der Waals surface area contributed by atoms with Crippen molar-refractivity contribution in [2.75, 3.05) is 0 Å². The van der Waals surface area contributed by atoms with Gasteiger partial charge < -0.3 is 11.1 Å². The molecule has 3 atom stereocenters. The van der Waals surface area contributed by atoms with Gasteiger partial charge in [-0.1, -0.05) is 11.6 Å². The zero-order chi connectivity index (χ0) is 16.1. The van der Waals surface area contributed by atoms with Crippen LogP contribution in [0.25, 0.3) is 0 Å². The maximum atomic E-state index is 13.5. The summed E-state index contributed by atoms with van der Waals surface area (Å²) >= 11 is 5.93. The van der Waals surface area contributed by atoms with Gasteiger partial charge in [0.05, 0.1) is 10.6 Å². The van der Waals surface area contributed by atoms with Gasteiger partial charge in [-0.3, -0.25) is 9.59 Å². The number of nitrogens with zero attached hydrogens (tertiary/aromatic N) is 1. The average molecular weight is 330 g/mol. The number of fused-ring (bicyclic) bond motifs is 2. The molecule has 0 saturated heterocycles. The zero-order valence-corrected chi connectivity index (χ0v) is 12.2. The fourth-order valence-electron chi connectivity index (χ4n) is 3.36. The number of aromatic nitrogens is 1. The number of hydrogen-bond donors (Lipinski definition) is 2. The van der Waals surface area contributed by atoms with Crippen LogP contribution in [0.5, 0.6) is 0 Å². The molecule has 1 heterocycles. The van der Waals surface area contributed by atoms with E-state index in [-0.39, 0.29) is 41.1 Å². The Morgan fingerprint density at radius 3 is 2.64 bits per heavy atom. The number of primary amides is 1. The first-order valence-electron chi connectivity index (χ1n) is 6.92. The van der Waals surface area contributed by atoms with Crippen molar-refractivity contribution >= 4 is 23.4 Å². The summed E-state index contributed by atoms with van der Waals surface area (Å²) in [4.78, 5) is 27.0. The highest BCUT2D eigenvalue weighted by molar-refractivity contribution is 6.33. The highest BCUT2D eigenvalue weighted by Crippen LogP contribution is 2.53. The molecule has 0 radical (unpaired) electrons. The molecule has 2 saturated carbocycles. The molecule has 2 aliphatic rings. The molecule has 8 heteroatoms. The summed E-state index contributed by atoms with van der Waals surface area (Å²) in [6, 6.07) is 0.978. The average Bonchev–Trinajstić information content (AvgIpc) is 2.93. The number of hydrogen-bond acceptors (Lipinski definition) is 3. The fourth-order valence-corrected chi connectivity index (χ4v) is 3.62. The van der Waals surface area contributed by atoms with Gasteiger partial charge in [0.2, 0.25) is 5.91 Å². The van der Waals surface area contributed by atoms with E-state index >= 15 is 0 Å². The molecule has 1 aromatic rings. The molecule has 2 fully saturated rings. The third-order valence-electron chi connectivity index (χ3n) is 4.48. The molecule has 22 heavy (non-hydrogen) atoms. The molecule has 3 rings (SSSR count). The molecule has 0 aromatic carbocycles. The lowest BCUT2D eigenvalue weighted by Gasteiger charge is -2.28. The Balaban J connectivity index is 1.70. The van der Waals surface area contributed by atoms with Crippen molar-refractivity contribution in [2.24, 2.45) is 17.6 Å². The SMILES string of the molecule is NC(=O)c1cnc(C(=O)NC2CC3CC2CC3(F)F)c(Cl)c1. The van der Waals surface area contributed by atoms with E-state index in [0.29, 0.717) is 6.42 Å². The molecule has 2 amide bonds. The van der Waals surface area contributed by atoms with Crippen molar-refractivity contribution in [3.63, 3.8) is 0 Å². The number of halogens is 3. The number of pyridine rings is 1. The third-order valence-corrected chi connectivity index (χ3v) is 4.77. The zero-order valence-electron chi connectivity index (χ0n) is 11.5. The molecule has 1 aromatic heterocycles. The van der Waals surface area contributed by atoms with Crippen LogP contribution in [0.15, 0.2) is 12.3 Å². The standard InChI is InChI=1S/C14H14ClF2N3O2/c15-9-2-7(12(18)21)5-19-11(9)13(22)20-10-3-8-1-6(10)4-14(8,16)17/h2,5-6,8,10H,1,3-4H2,(H2,18,21)(H,20,22). The van der Waals surface area contributed by atoms with Crippen LogP contribution in [-0.4, -0.2) is 28.8 Å². The van der Waals surface area contributed by atoms with Gasteiger partial charge in [0.15, 0.2) is 0 Å². The summed E-state index contributed by atoms with van der Waals surface area (Å²) in [5.74, 6) is -4.72. The number of nitrogens with two attached hydrogens (primary N) is 1. The topological polar surface area (TPSA) is 85.1 Å². The Hall–Kier alpha value is -1.76. The predicted molar refractivity (Wildman–Crippen MR) is 74.8 cm³/mol. The van der Waals surface area contributed by atoms with Gasteiger partial charge in [-0.15, -0.1) is 0 Å². The van der Waals surface area contributed by atoms with E-state index in [1.54, 1.807) is 0 Å².